The number of nitrogens with zero attached hydrogens (tertiary/aromatic N) is 1. The molecule has 1 aliphatic rings. The SMILES string of the molecule is O=C1CCC(C(=O)NCc2cnc[nH]2)N1. The van der Waals surface area contributed by atoms with Gasteiger partial charge >= 0.3 is 0 Å². The van der Waals surface area contributed by atoms with Crippen molar-refractivity contribution in [2.45, 2.75) is 25.4 Å². The summed E-state index contributed by atoms with van der Waals surface area (Å²) in [5.41, 5.74) is 0.840. The molecule has 1 aromatic rings. The fraction of sp³-hybridized carbons (Fsp3) is 0.444. The quantitative estimate of drug-likeness (QED) is 0.614. The van der Waals surface area contributed by atoms with Crippen molar-refractivity contribution in [2.24, 2.45) is 0 Å². The van der Waals surface area contributed by atoms with Crippen LogP contribution in [0.1, 0.15) is 18.5 Å². The van der Waals surface area contributed by atoms with Crippen LogP contribution in [-0.2, 0) is 16.1 Å². The summed E-state index contributed by atoms with van der Waals surface area (Å²) in [7, 11) is 0. The van der Waals surface area contributed by atoms with Gasteiger partial charge in [0.1, 0.15) is 6.04 Å². The van der Waals surface area contributed by atoms with Gasteiger partial charge in [0.25, 0.3) is 0 Å². The maximum atomic E-state index is 11.5. The van der Waals surface area contributed by atoms with Crippen molar-refractivity contribution >= 4 is 11.8 Å². The molecule has 0 aromatic carbocycles. The zero-order valence-corrected chi connectivity index (χ0v) is 8.12. The topological polar surface area (TPSA) is 86.9 Å². The van der Waals surface area contributed by atoms with Crippen LogP contribution < -0.4 is 10.6 Å². The van der Waals surface area contributed by atoms with E-state index in [4.69, 9.17) is 0 Å². The monoisotopic (exact) mass is 208 g/mol. The van der Waals surface area contributed by atoms with Crippen LogP contribution in [0.5, 0.6) is 0 Å². The summed E-state index contributed by atoms with van der Waals surface area (Å²) in [6, 6.07) is -0.375. The van der Waals surface area contributed by atoms with Crippen molar-refractivity contribution in [1.82, 2.24) is 20.6 Å². The van der Waals surface area contributed by atoms with Crippen molar-refractivity contribution in [3.05, 3.63) is 18.2 Å². The van der Waals surface area contributed by atoms with Gasteiger partial charge in [-0.05, 0) is 6.42 Å². The van der Waals surface area contributed by atoms with Gasteiger partial charge in [-0.15, -0.1) is 0 Å². The number of H-pyrrole nitrogens is 1. The van der Waals surface area contributed by atoms with E-state index in [1.807, 2.05) is 0 Å². The first-order valence-corrected chi connectivity index (χ1v) is 4.80. The fourth-order valence-electron chi connectivity index (χ4n) is 1.50. The van der Waals surface area contributed by atoms with Crippen LogP contribution in [0.15, 0.2) is 12.5 Å². The highest BCUT2D eigenvalue weighted by Crippen LogP contribution is 2.06. The van der Waals surface area contributed by atoms with E-state index in [9.17, 15) is 9.59 Å². The number of hydrogen-bond acceptors (Lipinski definition) is 3. The Labute approximate surface area is 86.5 Å². The van der Waals surface area contributed by atoms with Gasteiger partial charge in [-0.2, -0.15) is 0 Å². The van der Waals surface area contributed by atoms with E-state index < -0.39 is 0 Å². The standard InChI is InChI=1S/C9H12N4O2/c14-8-2-1-7(13-8)9(15)11-4-6-3-10-5-12-6/h3,5,7H,1-2,4H2,(H,10,12)(H,11,15)(H,13,14). The normalized spacial score (nSPS) is 20.0. The van der Waals surface area contributed by atoms with Crippen molar-refractivity contribution in [3.63, 3.8) is 0 Å². The van der Waals surface area contributed by atoms with Gasteiger partial charge in [0.2, 0.25) is 11.8 Å². The van der Waals surface area contributed by atoms with Crippen LogP contribution in [0, 0.1) is 0 Å². The van der Waals surface area contributed by atoms with Gasteiger partial charge in [0.15, 0.2) is 0 Å². The number of carbonyl (C=O) groups excluding carboxylic acids is 2. The smallest absolute Gasteiger partial charge is 0.242 e. The van der Waals surface area contributed by atoms with E-state index in [0.717, 1.165) is 5.69 Å². The molecule has 0 radical (unpaired) electrons. The fourth-order valence-corrected chi connectivity index (χ4v) is 1.50. The molecule has 1 aromatic heterocycles. The Bertz CT molecular complexity index is 360. The Morgan fingerprint density at radius 3 is 3.13 bits per heavy atom. The average molecular weight is 208 g/mol. The molecule has 0 aliphatic carbocycles. The summed E-state index contributed by atoms with van der Waals surface area (Å²) in [5.74, 6) is -0.202. The second kappa shape index (κ2) is 4.12. The number of nitrogens with one attached hydrogen (secondary N) is 3. The Hall–Kier alpha value is -1.85. The third kappa shape index (κ3) is 2.34. The molecule has 3 N–H and O–H groups in total. The second-order valence-corrected chi connectivity index (χ2v) is 3.45. The number of hydrogen-bond donors (Lipinski definition) is 3. The van der Waals surface area contributed by atoms with Gasteiger partial charge in [0, 0.05) is 12.6 Å². The number of imidazole rings is 1. The van der Waals surface area contributed by atoms with E-state index in [0.29, 0.717) is 19.4 Å². The third-order valence-electron chi connectivity index (χ3n) is 2.32. The number of carbonyl (C=O) groups is 2. The third-order valence-corrected chi connectivity index (χ3v) is 2.32. The Kier molecular flexibility index (Phi) is 2.66. The minimum absolute atomic E-state index is 0.0586. The molecular weight excluding hydrogens is 196 g/mol. The summed E-state index contributed by atoms with van der Waals surface area (Å²) in [6.45, 7) is 0.408. The van der Waals surface area contributed by atoms with Crippen molar-refractivity contribution in [1.29, 1.82) is 0 Å². The van der Waals surface area contributed by atoms with Crippen LogP contribution in [0.2, 0.25) is 0 Å². The zero-order chi connectivity index (χ0) is 10.7. The van der Waals surface area contributed by atoms with Crippen LogP contribution in [0.25, 0.3) is 0 Å². The van der Waals surface area contributed by atoms with Gasteiger partial charge < -0.3 is 15.6 Å². The van der Waals surface area contributed by atoms with Crippen molar-refractivity contribution in [2.75, 3.05) is 0 Å². The number of aromatic amines is 1. The molecular formula is C9H12N4O2. The van der Waals surface area contributed by atoms with Gasteiger partial charge in [-0.25, -0.2) is 4.98 Å². The highest BCUT2D eigenvalue weighted by atomic mass is 16.2. The minimum Gasteiger partial charge on any atom is -0.349 e. The zero-order valence-electron chi connectivity index (χ0n) is 8.12. The first-order chi connectivity index (χ1) is 7.25. The highest BCUT2D eigenvalue weighted by molar-refractivity contribution is 5.90. The lowest BCUT2D eigenvalue weighted by atomic mass is 10.2. The Morgan fingerprint density at radius 2 is 2.53 bits per heavy atom. The number of rotatable bonds is 3. The summed E-state index contributed by atoms with van der Waals surface area (Å²) < 4.78 is 0. The lowest BCUT2D eigenvalue weighted by Crippen LogP contribution is -2.41. The summed E-state index contributed by atoms with van der Waals surface area (Å²) >= 11 is 0. The Morgan fingerprint density at radius 1 is 1.67 bits per heavy atom. The van der Waals surface area contributed by atoms with Gasteiger partial charge in [-0.1, -0.05) is 0 Å². The van der Waals surface area contributed by atoms with E-state index in [1.54, 1.807) is 12.5 Å². The largest absolute Gasteiger partial charge is 0.349 e. The molecule has 0 spiro atoms. The van der Waals surface area contributed by atoms with Crippen molar-refractivity contribution < 1.29 is 9.59 Å². The van der Waals surface area contributed by atoms with Crippen LogP contribution in [0.3, 0.4) is 0 Å². The molecule has 1 saturated heterocycles. The van der Waals surface area contributed by atoms with Crippen molar-refractivity contribution in [3.8, 4) is 0 Å². The molecule has 15 heavy (non-hydrogen) atoms. The molecule has 6 nitrogen and oxygen atoms in total. The average Bonchev–Trinajstić information content (AvgIpc) is 2.84. The molecule has 0 saturated carbocycles. The van der Waals surface area contributed by atoms with E-state index in [-0.39, 0.29) is 17.9 Å². The number of aromatic nitrogens is 2. The highest BCUT2D eigenvalue weighted by Gasteiger charge is 2.26. The molecule has 1 unspecified atom stereocenters. The number of amides is 2. The molecule has 2 rings (SSSR count). The predicted molar refractivity (Wildman–Crippen MR) is 51.6 cm³/mol. The first-order valence-electron chi connectivity index (χ1n) is 4.80. The molecule has 1 atom stereocenters. The molecule has 80 valence electrons. The molecule has 0 bridgehead atoms. The molecule has 2 amide bonds. The first kappa shape index (κ1) is 9.70. The lowest BCUT2D eigenvalue weighted by Gasteiger charge is -2.09. The molecule has 2 heterocycles. The summed E-state index contributed by atoms with van der Waals surface area (Å²) in [4.78, 5) is 29.1. The van der Waals surface area contributed by atoms with E-state index >= 15 is 0 Å². The van der Waals surface area contributed by atoms with Crippen LogP contribution in [0.4, 0.5) is 0 Å². The van der Waals surface area contributed by atoms with E-state index in [1.165, 1.54) is 0 Å². The minimum atomic E-state index is -0.375. The molecule has 1 fully saturated rings. The molecule has 1 aliphatic heterocycles. The van der Waals surface area contributed by atoms with Crippen LogP contribution >= 0.6 is 0 Å². The maximum absolute atomic E-state index is 11.5. The van der Waals surface area contributed by atoms with Gasteiger partial charge in [0.05, 0.1) is 18.6 Å². The Balaban J connectivity index is 1.80. The summed E-state index contributed by atoms with van der Waals surface area (Å²) in [5, 5.41) is 5.33. The predicted octanol–water partition coefficient (Wildman–Crippen LogP) is -0.696. The van der Waals surface area contributed by atoms with Crippen LogP contribution in [-0.4, -0.2) is 27.8 Å². The van der Waals surface area contributed by atoms with E-state index in [2.05, 4.69) is 20.6 Å². The summed E-state index contributed by atoms with van der Waals surface area (Å²) in [6.07, 6.45) is 4.21. The second-order valence-electron chi connectivity index (χ2n) is 3.45. The lowest BCUT2D eigenvalue weighted by molar-refractivity contribution is -0.125. The molecule has 6 heteroatoms. The van der Waals surface area contributed by atoms with Gasteiger partial charge in [-0.3, -0.25) is 9.59 Å². The maximum Gasteiger partial charge on any atom is 0.242 e.